The van der Waals surface area contributed by atoms with E-state index in [9.17, 15) is 14.9 Å². The van der Waals surface area contributed by atoms with Gasteiger partial charge in [0.05, 0.1) is 31.4 Å². The van der Waals surface area contributed by atoms with Crippen LogP contribution in [-0.4, -0.2) is 28.0 Å². The van der Waals surface area contributed by atoms with Crippen molar-refractivity contribution < 1.29 is 23.4 Å². The first-order valence-electron chi connectivity index (χ1n) is 9.69. The maximum atomic E-state index is 13.2. The smallest absolute Gasteiger partial charge is 0.270 e. The number of nitro groups is 1. The Balaban J connectivity index is 1.58. The largest absolute Gasteiger partial charge is 0.497 e. The van der Waals surface area contributed by atoms with Crippen molar-refractivity contribution in [3.63, 3.8) is 0 Å². The number of carbonyl (C=O) groups excluding carboxylic acids is 1. The van der Waals surface area contributed by atoms with E-state index in [2.05, 4.69) is 5.16 Å². The Labute approximate surface area is 183 Å². The van der Waals surface area contributed by atoms with Crippen LogP contribution in [0.3, 0.4) is 0 Å². The number of amides is 1. The van der Waals surface area contributed by atoms with E-state index in [0.717, 1.165) is 11.3 Å². The fourth-order valence-corrected chi connectivity index (χ4v) is 3.20. The molecule has 0 radical (unpaired) electrons. The van der Waals surface area contributed by atoms with Gasteiger partial charge in [0.2, 0.25) is 0 Å². The van der Waals surface area contributed by atoms with Crippen LogP contribution < -0.4 is 4.74 Å². The summed E-state index contributed by atoms with van der Waals surface area (Å²) in [5.74, 6) is 1.45. The van der Waals surface area contributed by atoms with Gasteiger partial charge in [-0.1, -0.05) is 11.2 Å². The Morgan fingerprint density at radius 2 is 1.91 bits per heavy atom. The van der Waals surface area contributed by atoms with Crippen molar-refractivity contribution in [2.45, 2.75) is 13.1 Å². The van der Waals surface area contributed by atoms with E-state index in [1.807, 2.05) is 24.3 Å². The van der Waals surface area contributed by atoms with Crippen molar-refractivity contribution >= 4 is 11.6 Å². The van der Waals surface area contributed by atoms with Crippen LogP contribution in [0, 0.1) is 10.1 Å². The number of aromatic nitrogens is 1. The Morgan fingerprint density at radius 1 is 1.09 bits per heavy atom. The molecule has 0 fully saturated rings. The number of ether oxygens (including phenoxy) is 1. The summed E-state index contributed by atoms with van der Waals surface area (Å²) in [6.07, 6.45) is 1.52. The first kappa shape index (κ1) is 20.9. The van der Waals surface area contributed by atoms with E-state index in [4.69, 9.17) is 13.7 Å². The number of carbonyl (C=O) groups is 1. The SMILES string of the molecule is COc1ccc(-c2cc(CN(Cc3ccco3)C(=O)c3cccc([N+](=O)[O-])c3)no2)cc1. The molecule has 0 saturated heterocycles. The molecule has 2 heterocycles. The Morgan fingerprint density at radius 3 is 2.59 bits per heavy atom. The van der Waals surface area contributed by atoms with Gasteiger partial charge in [0, 0.05) is 29.3 Å². The molecule has 0 saturated carbocycles. The molecule has 2 aromatic carbocycles. The molecule has 0 N–H and O–H groups in total. The lowest BCUT2D eigenvalue weighted by Gasteiger charge is -2.20. The quantitative estimate of drug-likeness (QED) is 0.292. The molecule has 0 aliphatic rings. The molecule has 32 heavy (non-hydrogen) atoms. The molecule has 1 amide bonds. The summed E-state index contributed by atoms with van der Waals surface area (Å²) in [6, 6.07) is 18.1. The molecule has 4 aromatic rings. The highest BCUT2D eigenvalue weighted by atomic mass is 16.6. The Bertz CT molecular complexity index is 1210. The van der Waals surface area contributed by atoms with E-state index in [-0.39, 0.29) is 30.2 Å². The zero-order chi connectivity index (χ0) is 22.5. The minimum absolute atomic E-state index is 0.127. The average molecular weight is 433 g/mol. The summed E-state index contributed by atoms with van der Waals surface area (Å²) < 4.78 is 16.0. The molecule has 9 heteroatoms. The third-order valence-electron chi connectivity index (χ3n) is 4.80. The Hall–Kier alpha value is -4.40. The van der Waals surface area contributed by atoms with Gasteiger partial charge in [0.25, 0.3) is 11.6 Å². The molecular weight excluding hydrogens is 414 g/mol. The molecule has 162 valence electrons. The highest BCUT2D eigenvalue weighted by Gasteiger charge is 2.21. The van der Waals surface area contributed by atoms with Crippen LogP contribution in [0.1, 0.15) is 21.8 Å². The van der Waals surface area contributed by atoms with Crippen LogP contribution in [0.4, 0.5) is 5.69 Å². The van der Waals surface area contributed by atoms with Crippen molar-refractivity contribution in [3.8, 4) is 17.1 Å². The number of nitrogens with zero attached hydrogens (tertiary/aromatic N) is 3. The van der Waals surface area contributed by atoms with Crippen LogP contribution in [0.25, 0.3) is 11.3 Å². The predicted octanol–water partition coefficient (Wildman–Crippen LogP) is 4.69. The zero-order valence-electron chi connectivity index (χ0n) is 17.1. The van der Waals surface area contributed by atoms with Gasteiger partial charge in [-0.2, -0.15) is 0 Å². The van der Waals surface area contributed by atoms with Gasteiger partial charge in [-0.05, 0) is 42.5 Å². The highest BCUT2D eigenvalue weighted by molar-refractivity contribution is 5.94. The van der Waals surface area contributed by atoms with E-state index < -0.39 is 4.92 Å². The fraction of sp³-hybridized carbons (Fsp3) is 0.130. The normalized spacial score (nSPS) is 10.7. The van der Waals surface area contributed by atoms with Gasteiger partial charge in [0.1, 0.15) is 17.2 Å². The van der Waals surface area contributed by atoms with Crippen molar-refractivity contribution in [1.29, 1.82) is 0 Å². The first-order chi connectivity index (χ1) is 15.5. The number of hydrogen-bond acceptors (Lipinski definition) is 7. The third-order valence-corrected chi connectivity index (χ3v) is 4.80. The van der Waals surface area contributed by atoms with Crippen molar-refractivity contribution in [2.75, 3.05) is 7.11 Å². The highest BCUT2D eigenvalue weighted by Crippen LogP contribution is 2.24. The molecule has 0 atom stereocenters. The Kier molecular flexibility index (Phi) is 5.98. The van der Waals surface area contributed by atoms with Gasteiger partial charge < -0.3 is 18.6 Å². The lowest BCUT2D eigenvalue weighted by Crippen LogP contribution is -2.30. The van der Waals surface area contributed by atoms with E-state index in [0.29, 0.717) is 17.2 Å². The number of hydrogen-bond donors (Lipinski definition) is 0. The van der Waals surface area contributed by atoms with Gasteiger partial charge in [0.15, 0.2) is 5.76 Å². The lowest BCUT2D eigenvalue weighted by molar-refractivity contribution is -0.384. The van der Waals surface area contributed by atoms with Gasteiger partial charge in [-0.25, -0.2) is 0 Å². The first-order valence-corrected chi connectivity index (χ1v) is 9.69. The maximum Gasteiger partial charge on any atom is 0.270 e. The van der Waals surface area contributed by atoms with Crippen LogP contribution in [0.2, 0.25) is 0 Å². The minimum Gasteiger partial charge on any atom is -0.497 e. The van der Waals surface area contributed by atoms with E-state index in [1.54, 1.807) is 25.3 Å². The summed E-state index contributed by atoms with van der Waals surface area (Å²) in [7, 11) is 1.59. The van der Waals surface area contributed by atoms with Crippen LogP contribution >= 0.6 is 0 Å². The van der Waals surface area contributed by atoms with E-state index >= 15 is 0 Å². The maximum absolute atomic E-state index is 13.2. The molecule has 0 aliphatic heterocycles. The number of nitro benzene ring substituents is 1. The summed E-state index contributed by atoms with van der Waals surface area (Å²) in [4.78, 5) is 25.3. The number of benzene rings is 2. The number of furan rings is 1. The lowest BCUT2D eigenvalue weighted by atomic mass is 10.1. The number of methoxy groups -OCH3 is 1. The second-order valence-electron chi connectivity index (χ2n) is 6.96. The summed E-state index contributed by atoms with van der Waals surface area (Å²) in [5.41, 5.74) is 1.38. The van der Waals surface area contributed by atoms with Crippen LogP contribution in [0.15, 0.2) is 81.9 Å². The molecular formula is C23H19N3O6. The summed E-state index contributed by atoms with van der Waals surface area (Å²) in [5, 5.41) is 15.2. The number of non-ortho nitro benzene ring substituents is 1. The molecule has 0 bridgehead atoms. The van der Waals surface area contributed by atoms with Gasteiger partial charge >= 0.3 is 0 Å². The van der Waals surface area contributed by atoms with Crippen molar-refractivity contribution in [2.24, 2.45) is 0 Å². The second kappa shape index (κ2) is 9.17. The fourth-order valence-electron chi connectivity index (χ4n) is 3.20. The summed E-state index contributed by atoms with van der Waals surface area (Å²) in [6.45, 7) is 0.293. The molecule has 2 aromatic heterocycles. The predicted molar refractivity (Wildman–Crippen MR) is 114 cm³/mol. The van der Waals surface area contributed by atoms with E-state index in [1.165, 1.54) is 35.4 Å². The van der Waals surface area contributed by atoms with Crippen molar-refractivity contribution in [1.82, 2.24) is 10.1 Å². The standard InChI is InChI=1S/C23H19N3O6/c1-30-20-9-7-16(8-10-20)22-13-18(24-32-22)14-25(15-21-6-3-11-31-21)23(27)17-4-2-5-19(12-17)26(28)29/h2-13H,14-15H2,1H3. The van der Waals surface area contributed by atoms with Crippen LogP contribution in [-0.2, 0) is 13.1 Å². The molecule has 0 unspecified atom stereocenters. The topological polar surface area (TPSA) is 112 Å². The monoisotopic (exact) mass is 433 g/mol. The molecule has 9 nitrogen and oxygen atoms in total. The number of rotatable bonds is 8. The van der Waals surface area contributed by atoms with Crippen molar-refractivity contribution in [3.05, 3.63) is 100 Å². The van der Waals surface area contributed by atoms with Gasteiger partial charge in [-0.15, -0.1) is 0 Å². The second-order valence-corrected chi connectivity index (χ2v) is 6.96. The minimum atomic E-state index is -0.535. The zero-order valence-corrected chi connectivity index (χ0v) is 17.1. The summed E-state index contributed by atoms with van der Waals surface area (Å²) >= 11 is 0. The molecule has 4 rings (SSSR count). The van der Waals surface area contributed by atoms with Gasteiger partial charge in [-0.3, -0.25) is 14.9 Å². The van der Waals surface area contributed by atoms with Crippen LogP contribution in [0.5, 0.6) is 5.75 Å². The average Bonchev–Trinajstić information content (AvgIpc) is 3.51. The molecule has 0 spiro atoms. The third kappa shape index (κ3) is 4.67. The molecule has 0 aliphatic carbocycles.